The van der Waals surface area contributed by atoms with Crippen molar-refractivity contribution in [2.45, 2.75) is 43.5 Å². The van der Waals surface area contributed by atoms with E-state index in [1.165, 1.54) is 12.0 Å². The molecule has 0 saturated carbocycles. The van der Waals surface area contributed by atoms with Crippen LogP contribution in [0.1, 0.15) is 42.7 Å². The molecule has 0 radical (unpaired) electrons. The average molecular weight is 305 g/mol. The van der Waals surface area contributed by atoms with Crippen LogP contribution in [0.5, 0.6) is 0 Å². The van der Waals surface area contributed by atoms with Crippen molar-refractivity contribution in [3.63, 3.8) is 0 Å². The zero-order valence-electron chi connectivity index (χ0n) is 12.0. The fraction of sp³-hybridized carbons (Fsp3) is 0.375. The average Bonchev–Trinajstić information content (AvgIpc) is 3.00. The van der Waals surface area contributed by atoms with E-state index in [0.29, 0.717) is 10.7 Å². The van der Waals surface area contributed by atoms with Gasteiger partial charge in [-0.05, 0) is 68.0 Å². The van der Waals surface area contributed by atoms with Gasteiger partial charge in [-0.1, -0.05) is 6.07 Å². The molecule has 5 heteroatoms. The third-order valence-electron chi connectivity index (χ3n) is 3.93. The van der Waals surface area contributed by atoms with Gasteiger partial charge in [0.25, 0.3) is 0 Å². The summed E-state index contributed by atoms with van der Waals surface area (Å²) in [6, 6.07) is 8.58. The number of benzene rings is 1. The summed E-state index contributed by atoms with van der Waals surface area (Å²) >= 11 is 0. The summed E-state index contributed by atoms with van der Waals surface area (Å²) in [6.45, 7) is 1.77. The molecule has 0 unspecified atom stereocenters. The first-order valence-corrected chi connectivity index (χ1v) is 8.72. The highest BCUT2D eigenvalue weighted by atomic mass is 32.2. The molecule has 3 rings (SSSR count). The van der Waals surface area contributed by atoms with E-state index in [1.807, 2.05) is 12.1 Å². The maximum atomic E-state index is 12.5. The Hall–Kier alpha value is -1.59. The minimum absolute atomic E-state index is 0.335. The molecule has 1 N–H and O–H groups in total. The van der Waals surface area contributed by atoms with Gasteiger partial charge < -0.3 is 4.42 Å². The minimum atomic E-state index is -3.53. The van der Waals surface area contributed by atoms with Gasteiger partial charge >= 0.3 is 0 Å². The van der Waals surface area contributed by atoms with Crippen LogP contribution in [0.2, 0.25) is 0 Å². The molecule has 0 fully saturated rings. The fourth-order valence-electron chi connectivity index (χ4n) is 2.77. The summed E-state index contributed by atoms with van der Waals surface area (Å²) in [7, 11) is -3.53. The minimum Gasteiger partial charge on any atom is -0.468 e. The second-order valence-electron chi connectivity index (χ2n) is 5.50. The summed E-state index contributed by atoms with van der Waals surface area (Å²) in [5.41, 5.74) is 2.44. The van der Waals surface area contributed by atoms with Crippen molar-refractivity contribution in [2.75, 3.05) is 0 Å². The van der Waals surface area contributed by atoms with Gasteiger partial charge in [0, 0.05) is 0 Å². The molecular weight excluding hydrogens is 286 g/mol. The first kappa shape index (κ1) is 14.4. The third-order valence-corrected chi connectivity index (χ3v) is 5.47. The largest absolute Gasteiger partial charge is 0.468 e. The van der Waals surface area contributed by atoms with Crippen LogP contribution < -0.4 is 4.72 Å². The van der Waals surface area contributed by atoms with Crippen LogP contribution in [0.3, 0.4) is 0 Å². The molecule has 4 nitrogen and oxygen atoms in total. The van der Waals surface area contributed by atoms with E-state index < -0.39 is 10.0 Å². The van der Waals surface area contributed by atoms with Gasteiger partial charge in [-0.3, -0.25) is 0 Å². The molecular formula is C16H19NO3S. The van der Waals surface area contributed by atoms with E-state index in [2.05, 4.69) is 4.72 Å². The zero-order chi connectivity index (χ0) is 14.9. The number of nitrogens with one attached hydrogen (secondary N) is 1. The van der Waals surface area contributed by atoms with Crippen LogP contribution in [-0.2, 0) is 22.9 Å². The standard InChI is InChI=1S/C16H19NO3S/c1-12(16-7-4-10-20-16)17-21(18,19)15-9-8-13-5-2-3-6-14(13)11-15/h4,7-12,17H,2-3,5-6H2,1H3/t12-/m1/s1. The summed E-state index contributed by atoms with van der Waals surface area (Å²) in [5.74, 6) is 0.608. The maximum absolute atomic E-state index is 12.5. The smallest absolute Gasteiger partial charge is 0.241 e. The predicted molar refractivity (Wildman–Crippen MR) is 80.5 cm³/mol. The SMILES string of the molecule is C[C@@H](NS(=O)(=O)c1ccc2c(c1)CCCC2)c1ccco1. The number of furan rings is 1. The van der Waals surface area contributed by atoms with Gasteiger partial charge in [-0.15, -0.1) is 0 Å². The Morgan fingerprint density at radius 2 is 1.90 bits per heavy atom. The van der Waals surface area contributed by atoms with Gasteiger partial charge in [0.15, 0.2) is 0 Å². The topological polar surface area (TPSA) is 59.3 Å². The van der Waals surface area contributed by atoms with Crippen molar-refractivity contribution in [3.05, 3.63) is 53.5 Å². The highest BCUT2D eigenvalue weighted by Crippen LogP contribution is 2.25. The Morgan fingerprint density at radius 1 is 1.14 bits per heavy atom. The Kier molecular flexibility index (Phi) is 3.87. The maximum Gasteiger partial charge on any atom is 0.241 e. The van der Waals surface area contributed by atoms with Crippen molar-refractivity contribution >= 4 is 10.0 Å². The Morgan fingerprint density at radius 3 is 2.62 bits per heavy atom. The van der Waals surface area contributed by atoms with E-state index in [4.69, 9.17) is 4.42 Å². The predicted octanol–water partition coefficient (Wildman–Crippen LogP) is 3.20. The number of sulfonamides is 1. The summed E-state index contributed by atoms with van der Waals surface area (Å²) in [4.78, 5) is 0.335. The fourth-order valence-corrected chi connectivity index (χ4v) is 4.04. The van der Waals surface area contributed by atoms with Crippen LogP contribution in [0.4, 0.5) is 0 Å². The lowest BCUT2D eigenvalue weighted by molar-refractivity contribution is 0.459. The van der Waals surface area contributed by atoms with Gasteiger partial charge in [0.05, 0.1) is 17.2 Å². The molecule has 0 bridgehead atoms. The molecule has 0 spiro atoms. The zero-order valence-corrected chi connectivity index (χ0v) is 12.8. The molecule has 1 atom stereocenters. The van der Waals surface area contributed by atoms with Gasteiger partial charge in [-0.25, -0.2) is 13.1 Å². The van der Waals surface area contributed by atoms with Crippen molar-refractivity contribution in [2.24, 2.45) is 0 Å². The normalized spacial score (nSPS) is 16.4. The molecule has 1 aromatic carbocycles. The lowest BCUT2D eigenvalue weighted by Gasteiger charge is -2.17. The highest BCUT2D eigenvalue weighted by Gasteiger charge is 2.21. The summed E-state index contributed by atoms with van der Waals surface area (Å²) < 4.78 is 32.8. The lowest BCUT2D eigenvalue weighted by atomic mass is 9.92. The molecule has 0 amide bonds. The monoisotopic (exact) mass is 305 g/mol. The summed E-state index contributed by atoms with van der Waals surface area (Å²) in [5, 5.41) is 0. The molecule has 1 aliphatic rings. The Bertz CT molecular complexity index is 720. The quantitative estimate of drug-likeness (QED) is 0.943. The van der Waals surface area contributed by atoms with Crippen LogP contribution >= 0.6 is 0 Å². The molecule has 21 heavy (non-hydrogen) atoms. The molecule has 1 aliphatic carbocycles. The van der Waals surface area contributed by atoms with Crippen molar-refractivity contribution in [3.8, 4) is 0 Å². The van der Waals surface area contributed by atoms with E-state index in [9.17, 15) is 8.42 Å². The van der Waals surface area contributed by atoms with Crippen LogP contribution in [0, 0.1) is 0 Å². The highest BCUT2D eigenvalue weighted by molar-refractivity contribution is 7.89. The van der Waals surface area contributed by atoms with E-state index in [0.717, 1.165) is 24.8 Å². The first-order chi connectivity index (χ1) is 10.1. The van der Waals surface area contributed by atoms with Crippen LogP contribution in [0.25, 0.3) is 0 Å². The Balaban J connectivity index is 1.84. The van der Waals surface area contributed by atoms with Crippen LogP contribution in [-0.4, -0.2) is 8.42 Å². The first-order valence-electron chi connectivity index (χ1n) is 7.24. The number of rotatable bonds is 4. The molecule has 1 aromatic heterocycles. The lowest BCUT2D eigenvalue weighted by Crippen LogP contribution is -2.27. The van der Waals surface area contributed by atoms with E-state index in [-0.39, 0.29) is 6.04 Å². The third kappa shape index (κ3) is 3.04. The second kappa shape index (κ2) is 5.66. The van der Waals surface area contributed by atoms with Gasteiger partial charge in [0.1, 0.15) is 5.76 Å². The second-order valence-corrected chi connectivity index (χ2v) is 7.21. The number of hydrogen-bond donors (Lipinski definition) is 1. The molecule has 1 heterocycles. The number of aryl methyl sites for hydroxylation is 2. The van der Waals surface area contributed by atoms with Gasteiger partial charge in [0.2, 0.25) is 10.0 Å². The van der Waals surface area contributed by atoms with Crippen LogP contribution in [0.15, 0.2) is 45.9 Å². The molecule has 0 saturated heterocycles. The Labute approximate surface area is 125 Å². The van der Waals surface area contributed by atoms with Crippen molar-refractivity contribution in [1.29, 1.82) is 0 Å². The van der Waals surface area contributed by atoms with E-state index in [1.54, 1.807) is 31.4 Å². The summed E-state index contributed by atoms with van der Waals surface area (Å²) in [6.07, 6.45) is 5.87. The molecule has 112 valence electrons. The van der Waals surface area contributed by atoms with E-state index >= 15 is 0 Å². The number of fused-ring (bicyclic) bond motifs is 1. The van der Waals surface area contributed by atoms with Gasteiger partial charge in [-0.2, -0.15) is 0 Å². The number of hydrogen-bond acceptors (Lipinski definition) is 3. The van der Waals surface area contributed by atoms with Crippen molar-refractivity contribution < 1.29 is 12.8 Å². The molecule has 0 aliphatic heterocycles. The van der Waals surface area contributed by atoms with Crippen molar-refractivity contribution in [1.82, 2.24) is 4.72 Å². The molecule has 2 aromatic rings.